The largest absolute Gasteiger partial charge is 0.504 e. The van der Waals surface area contributed by atoms with E-state index in [0.29, 0.717) is 12.4 Å². The molecule has 0 atom stereocenters. The Bertz CT molecular complexity index is 778. The first kappa shape index (κ1) is 13.4. The minimum Gasteiger partial charge on any atom is -0.504 e. The first-order chi connectivity index (χ1) is 10.2. The van der Waals surface area contributed by atoms with E-state index in [4.69, 9.17) is 10.5 Å². The molecule has 0 saturated heterocycles. The molecule has 2 aromatic carbocycles. The zero-order valence-electron chi connectivity index (χ0n) is 11.9. The molecule has 3 rings (SSSR count). The molecule has 0 unspecified atom stereocenters. The van der Waals surface area contributed by atoms with Gasteiger partial charge in [0.15, 0.2) is 11.5 Å². The number of nitrogens with two attached hydrogens (primary N) is 1. The van der Waals surface area contributed by atoms with E-state index in [2.05, 4.69) is 17.7 Å². The van der Waals surface area contributed by atoms with Crippen LogP contribution < -0.4 is 10.5 Å². The Hall–Kier alpha value is -2.62. The lowest BCUT2D eigenvalue weighted by molar-refractivity contribution is 0.290. The van der Waals surface area contributed by atoms with Crippen molar-refractivity contribution in [3.63, 3.8) is 0 Å². The summed E-state index contributed by atoms with van der Waals surface area (Å²) in [5, 5.41) is 10.8. The second kappa shape index (κ2) is 5.40. The van der Waals surface area contributed by atoms with Gasteiger partial charge in [-0.25, -0.2) is 0 Å². The molecule has 0 aliphatic heterocycles. The number of aromatic nitrogens is 1. The number of fused-ring (bicyclic) bond motifs is 1. The van der Waals surface area contributed by atoms with E-state index in [1.807, 2.05) is 24.3 Å². The Labute approximate surface area is 123 Å². The summed E-state index contributed by atoms with van der Waals surface area (Å²) in [5.41, 5.74) is 8.82. The van der Waals surface area contributed by atoms with Crippen LogP contribution in [0.5, 0.6) is 11.5 Å². The van der Waals surface area contributed by atoms with Gasteiger partial charge in [0.25, 0.3) is 0 Å². The van der Waals surface area contributed by atoms with Gasteiger partial charge in [0.2, 0.25) is 0 Å². The SMILES string of the molecule is CCn1cc(COc2ccccc2O)c2cc(N)ccc21. The summed E-state index contributed by atoms with van der Waals surface area (Å²) in [6.45, 7) is 3.38. The molecule has 108 valence electrons. The highest BCUT2D eigenvalue weighted by Gasteiger charge is 2.09. The van der Waals surface area contributed by atoms with Crippen LogP contribution in [-0.2, 0) is 13.2 Å². The number of hydrogen-bond donors (Lipinski definition) is 2. The van der Waals surface area contributed by atoms with Crippen molar-refractivity contribution in [2.75, 3.05) is 5.73 Å². The quantitative estimate of drug-likeness (QED) is 0.720. The van der Waals surface area contributed by atoms with Crippen molar-refractivity contribution in [3.8, 4) is 11.5 Å². The van der Waals surface area contributed by atoms with Crippen LogP contribution in [0.1, 0.15) is 12.5 Å². The minimum absolute atomic E-state index is 0.149. The van der Waals surface area contributed by atoms with E-state index in [1.54, 1.807) is 18.2 Å². The number of phenols is 1. The number of hydrogen-bond acceptors (Lipinski definition) is 3. The second-order valence-electron chi connectivity index (χ2n) is 4.97. The van der Waals surface area contributed by atoms with Crippen molar-refractivity contribution >= 4 is 16.6 Å². The van der Waals surface area contributed by atoms with Crippen LogP contribution in [0.25, 0.3) is 10.9 Å². The van der Waals surface area contributed by atoms with Crippen LogP contribution in [0.15, 0.2) is 48.7 Å². The third-order valence-electron chi connectivity index (χ3n) is 3.58. The summed E-state index contributed by atoms with van der Waals surface area (Å²) in [6, 6.07) is 12.9. The van der Waals surface area contributed by atoms with Crippen LogP contribution in [0.4, 0.5) is 5.69 Å². The summed E-state index contributed by atoms with van der Waals surface area (Å²) in [4.78, 5) is 0. The highest BCUT2D eigenvalue weighted by Crippen LogP contribution is 2.28. The van der Waals surface area contributed by atoms with Gasteiger partial charge in [-0.15, -0.1) is 0 Å². The van der Waals surface area contributed by atoms with Gasteiger partial charge in [-0.3, -0.25) is 0 Å². The van der Waals surface area contributed by atoms with E-state index in [9.17, 15) is 5.11 Å². The molecule has 21 heavy (non-hydrogen) atoms. The third-order valence-corrected chi connectivity index (χ3v) is 3.58. The monoisotopic (exact) mass is 282 g/mol. The molecule has 4 nitrogen and oxygen atoms in total. The average molecular weight is 282 g/mol. The molecule has 1 heterocycles. The first-order valence-electron chi connectivity index (χ1n) is 6.97. The molecular formula is C17H18N2O2. The zero-order valence-corrected chi connectivity index (χ0v) is 11.9. The van der Waals surface area contributed by atoms with Gasteiger partial charge in [0.05, 0.1) is 0 Å². The lowest BCUT2D eigenvalue weighted by Gasteiger charge is -2.07. The fraction of sp³-hybridized carbons (Fsp3) is 0.176. The van der Waals surface area contributed by atoms with Crippen LogP contribution >= 0.6 is 0 Å². The molecule has 0 spiro atoms. The minimum atomic E-state index is 0.149. The number of nitrogens with zero attached hydrogens (tertiary/aromatic N) is 1. The van der Waals surface area contributed by atoms with E-state index >= 15 is 0 Å². The van der Waals surface area contributed by atoms with Crippen LogP contribution in [0.2, 0.25) is 0 Å². The number of phenolic OH excluding ortho intramolecular Hbond substituents is 1. The highest BCUT2D eigenvalue weighted by molar-refractivity contribution is 5.86. The van der Waals surface area contributed by atoms with Crippen molar-refractivity contribution in [1.82, 2.24) is 4.57 Å². The van der Waals surface area contributed by atoms with Crippen LogP contribution in [0.3, 0.4) is 0 Å². The number of rotatable bonds is 4. The van der Waals surface area contributed by atoms with E-state index in [-0.39, 0.29) is 5.75 Å². The zero-order chi connectivity index (χ0) is 14.8. The maximum atomic E-state index is 9.75. The predicted molar refractivity (Wildman–Crippen MR) is 84.5 cm³/mol. The topological polar surface area (TPSA) is 60.4 Å². The van der Waals surface area contributed by atoms with Crippen molar-refractivity contribution < 1.29 is 9.84 Å². The Morgan fingerprint density at radius 2 is 2.00 bits per heavy atom. The third kappa shape index (κ3) is 2.52. The predicted octanol–water partition coefficient (Wildman–Crippen LogP) is 3.53. The van der Waals surface area contributed by atoms with E-state index in [0.717, 1.165) is 28.7 Å². The van der Waals surface area contributed by atoms with Gasteiger partial charge in [-0.05, 0) is 37.3 Å². The Kier molecular flexibility index (Phi) is 3.44. The van der Waals surface area contributed by atoms with E-state index < -0.39 is 0 Å². The van der Waals surface area contributed by atoms with Crippen molar-refractivity contribution in [2.45, 2.75) is 20.1 Å². The number of anilines is 1. The summed E-state index contributed by atoms with van der Waals surface area (Å²) in [5.74, 6) is 0.634. The summed E-state index contributed by atoms with van der Waals surface area (Å²) < 4.78 is 7.89. The molecule has 0 fully saturated rings. The maximum Gasteiger partial charge on any atom is 0.161 e. The molecule has 0 aliphatic carbocycles. The molecule has 0 radical (unpaired) electrons. The smallest absolute Gasteiger partial charge is 0.161 e. The van der Waals surface area contributed by atoms with Crippen LogP contribution in [0, 0.1) is 0 Å². The fourth-order valence-corrected chi connectivity index (χ4v) is 2.50. The average Bonchev–Trinajstić information content (AvgIpc) is 2.83. The summed E-state index contributed by atoms with van der Waals surface area (Å²) >= 11 is 0. The number of benzene rings is 2. The molecule has 0 bridgehead atoms. The number of nitrogen functional groups attached to an aromatic ring is 1. The fourth-order valence-electron chi connectivity index (χ4n) is 2.50. The number of aryl methyl sites for hydroxylation is 1. The van der Waals surface area contributed by atoms with Crippen molar-refractivity contribution in [3.05, 3.63) is 54.2 Å². The Balaban J connectivity index is 1.93. The number of aromatic hydroxyl groups is 1. The molecule has 3 aromatic rings. The van der Waals surface area contributed by atoms with E-state index in [1.165, 1.54) is 0 Å². The van der Waals surface area contributed by atoms with Gasteiger partial charge in [0.1, 0.15) is 6.61 Å². The van der Waals surface area contributed by atoms with Gasteiger partial charge >= 0.3 is 0 Å². The van der Waals surface area contributed by atoms with Crippen molar-refractivity contribution in [2.24, 2.45) is 0 Å². The molecule has 0 saturated carbocycles. The molecular weight excluding hydrogens is 264 g/mol. The molecule has 0 amide bonds. The Morgan fingerprint density at radius 3 is 2.76 bits per heavy atom. The normalized spacial score (nSPS) is 10.9. The van der Waals surface area contributed by atoms with Gasteiger partial charge < -0.3 is 20.1 Å². The second-order valence-corrected chi connectivity index (χ2v) is 4.97. The molecule has 1 aromatic heterocycles. The number of ether oxygens (including phenoxy) is 1. The Morgan fingerprint density at radius 1 is 1.19 bits per heavy atom. The first-order valence-corrected chi connectivity index (χ1v) is 6.97. The van der Waals surface area contributed by atoms with Gasteiger partial charge in [0, 0.05) is 34.9 Å². The molecule has 3 N–H and O–H groups in total. The number of para-hydroxylation sites is 2. The lowest BCUT2D eigenvalue weighted by Crippen LogP contribution is -1.95. The van der Waals surface area contributed by atoms with Gasteiger partial charge in [-0.2, -0.15) is 0 Å². The standard InChI is InChI=1S/C17H18N2O2/c1-2-19-10-12(14-9-13(18)7-8-15(14)19)11-21-17-6-4-3-5-16(17)20/h3-10,20H,2,11,18H2,1H3. The molecule has 0 aliphatic rings. The van der Waals surface area contributed by atoms with Gasteiger partial charge in [-0.1, -0.05) is 12.1 Å². The molecule has 4 heteroatoms. The summed E-state index contributed by atoms with van der Waals surface area (Å²) in [6.07, 6.45) is 2.07. The van der Waals surface area contributed by atoms with Crippen molar-refractivity contribution in [1.29, 1.82) is 0 Å². The maximum absolute atomic E-state index is 9.75. The van der Waals surface area contributed by atoms with Crippen LogP contribution in [-0.4, -0.2) is 9.67 Å². The summed E-state index contributed by atoms with van der Waals surface area (Å²) in [7, 11) is 0. The highest BCUT2D eigenvalue weighted by atomic mass is 16.5. The lowest BCUT2D eigenvalue weighted by atomic mass is 10.1.